The number of rotatable bonds is 2. The van der Waals surface area contributed by atoms with E-state index >= 15 is 0 Å². The van der Waals surface area contributed by atoms with Crippen molar-refractivity contribution in [3.8, 4) is 0 Å². The average molecular weight is 565 g/mol. The zero-order valence-corrected chi connectivity index (χ0v) is 25.1. The van der Waals surface area contributed by atoms with Gasteiger partial charge in [0.15, 0.2) is 0 Å². The topological polar surface area (TPSA) is 149 Å². The van der Waals surface area contributed by atoms with Gasteiger partial charge in [0, 0.05) is 11.1 Å². The fourth-order valence-electron chi connectivity index (χ4n) is 2.75. The van der Waals surface area contributed by atoms with Crippen LogP contribution < -0.4 is 22.1 Å². The molecule has 5 N–H and O–H groups in total. The molecule has 0 aromatic heterocycles. The van der Waals surface area contributed by atoms with Gasteiger partial charge in [0.05, 0.1) is 0 Å². The van der Waals surface area contributed by atoms with Crippen molar-refractivity contribution in [3.05, 3.63) is 69.8 Å². The summed E-state index contributed by atoms with van der Waals surface area (Å²) in [5.41, 5.74) is 10.4. The molecule has 2 rings (SSSR count). The Balaban J connectivity index is 0.000000612. The molecule has 2 aromatic rings. The third-order valence-electron chi connectivity index (χ3n) is 4.86. The second kappa shape index (κ2) is 15.7. The van der Waals surface area contributed by atoms with Gasteiger partial charge in [-0.25, -0.2) is 20.9 Å². The Labute approximate surface area is 235 Å². The summed E-state index contributed by atoms with van der Waals surface area (Å²) in [5, 5.41) is -0.383. The van der Waals surface area contributed by atoms with Crippen LogP contribution >= 0.6 is 11.6 Å². The zero-order chi connectivity index (χ0) is 30.6. The second-order valence-corrected chi connectivity index (χ2v) is 10.8. The Morgan fingerprint density at radius 1 is 0.692 bits per heavy atom. The summed E-state index contributed by atoms with van der Waals surface area (Å²) in [5.74, 6) is 4.39. The summed E-state index contributed by atoms with van der Waals surface area (Å²) in [7, 11) is 0. The third-order valence-corrected chi connectivity index (χ3v) is 5.06. The number of nitrogens with two attached hydrogens (primary N) is 1. The maximum atomic E-state index is 11.9. The molecule has 0 unspecified atom stereocenters. The molecule has 0 bridgehead atoms. The largest absolute Gasteiger partial charge is 0.443 e. The summed E-state index contributed by atoms with van der Waals surface area (Å²) < 4.78 is 9.72. The lowest BCUT2D eigenvalue weighted by Crippen LogP contribution is -2.44. The normalized spacial score (nSPS) is 10.5. The number of hydrogen-bond donors (Lipinski definition) is 4. The molecule has 0 saturated heterocycles. The van der Waals surface area contributed by atoms with Gasteiger partial charge in [-0.1, -0.05) is 24.3 Å². The number of ether oxygens (including phenoxy) is 2. The minimum absolute atomic E-state index is 0.368. The number of aryl methyl sites for hydroxylation is 2. The maximum absolute atomic E-state index is 11.9. The van der Waals surface area contributed by atoms with E-state index in [1.807, 2.05) is 51.3 Å². The lowest BCUT2D eigenvalue weighted by molar-refractivity contribution is 0.0481. The van der Waals surface area contributed by atoms with Crippen LogP contribution in [0.25, 0.3) is 0 Å². The van der Waals surface area contributed by atoms with E-state index in [4.69, 9.17) is 26.9 Å². The number of benzene rings is 2. The monoisotopic (exact) mass is 564 g/mol. The molecule has 0 fully saturated rings. The molecule has 0 aliphatic rings. The number of hydrogen-bond acceptors (Lipinski definition) is 7. The van der Waals surface area contributed by atoms with Crippen molar-refractivity contribution in [1.82, 2.24) is 16.3 Å². The van der Waals surface area contributed by atoms with Crippen LogP contribution in [0.3, 0.4) is 0 Å². The fraction of sp³-hybridized carbons (Fsp3) is 0.429. The van der Waals surface area contributed by atoms with E-state index in [2.05, 4.69) is 10.9 Å². The number of hydrazine groups is 2. The van der Waals surface area contributed by atoms with E-state index in [1.165, 1.54) is 0 Å². The first-order valence-electron chi connectivity index (χ1n) is 12.1. The molecule has 2 aromatic carbocycles. The molecule has 10 nitrogen and oxygen atoms in total. The van der Waals surface area contributed by atoms with Crippen LogP contribution in [0.15, 0.2) is 36.4 Å². The lowest BCUT2D eigenvalue weighted by Gasteiger charge is -2.20. The molecule has 0 aliphatic carbocycles. The van der Waals surface area contributed by atoms with Gasteiger partial charge >= 0.3 is 12.2 Å². The molecule has 0 spiro atoms. The Kier molecular flexibility index (Phi) is 14.2. The summed E-state index contributed by atoms with van der Waals surface area (Å²) >= 11 is 5.34. The molecular weight excluding hydrogens is 524 g/mol. The van der Waals surface area contributed by atoms with Gasteiger partial charge in [-0.05, 0) is 115 Å². The van der Waals surface area contributed by atoms with Gasteiger partial charge in [0.2, 0.25) is 0 Å². The summed E-state index contributed by atoms with van der Waals surface area (Å²) in [4.78, 5) is 44.5. The maximum Gasteiger partial charge on any atom is 0.426 e. The summed E-state index contributed by atoms with van der Waals surface area (Å²) in [6, 6.07) is 10.9. The quantitative estimate of drug-likeness (QED) is 0.162. The molecule has 39 heavy (non-hydrogen) atoms. The van der Waals surface area contributed by atoms with Gasteiger partial charge in [0.1, 0.15) is 11.2 Å². The van der Waals surface area contributed by atoms with E-state index in [-0.39, 0.29) is 11.1 Å². The fourth-order valence-corrected chi connectivity index (χ4v) is 2.95. The van der Waals surface area contributed by atoms with Crippen LogP contribution in [0.5, 0.6) is 0 Å². The Hall–Kier alpha value is -3.63. The lowest BCUT2D eigenvalue weighted by atomic mass is 10.0. The molecule has 3 amide bonds. The molecule has 0 aliphatic heterocycles. The van der Waals surface area contributed by atoms with Crippen molar-refractivity contribution < 1.29 is 28.7 Å². The van der Waals surface area contributed by atoms with Crippen molar-refractivity contribution in [2.75, 3.05) is 0 Å². The van der Waals surface area contributed by atoms with Gasteiger partial charge in [-0.3, -0.25) is 20.4 Å². The zero-order valence-electron chi connectivity index (χ0n) is 24.4. The molecule has 216 valence electrons. The molecule has 0 heterocycles. The number of carbonyl (C=O) groups is 4. The van der Waals surface area contributed by atoms with Crippen LogP contribution in [0.2, 0.25) is 0 Å². The first-order chi connectivity index (χ1) is 17.8. The van der Waals surface area contributed by atoms with Gasteiger partial charge < -0.3 is 9.47 Å². The van der Waals surface area contributed by atoms with Crippen molar-refractivity contribution in [2.24, 2.45) is 5.84 Å². The predicted molar refractivity (Wildman–Crippen MR) is 152 cm³/mol. The number of carbonyl (C=O) groups excluding carboxylic acids is 4. The first kappa shape index (κ1) is 35.4. The van der Waals surface area contributed by atoms with Gasteiger partial charge in [-0.15, -0.1) is 0 Å². The van der Waals surface area contributed by atoms with Gasteiger partial charge in [-0.2, -0.15) is 0 Å². The standard InChI is InChI=1S/C14H20N2O3.C9H9ClO.C5H12N2O2/c1-9-7-6-8-11(10(9)2)12(17)15-16-13(18)19-14(3,4)5;1-6-4-3-5-8(7(6)2)9(10)11;1-5(2,3)9-4(8)7-6/h6-8H,1-5H3,(H,15,17)(H,16,18);3-5H,1-2H3;6H2,1-3H3,(H,7,8). The van der Waals surface area contributed by atoms with E-state index in [9.17, 15) is 19.2 Å². The van der Waals surface area contributed by atoms with Crippen molar-refractivity contribution in [1.29, 1.82) is 0 Å². The number of amides is 3. The molecule has 0 saturated carbocycles. The van der Waals surface area contributed by atoms with Crippen LogP contribution in [0.4, 0.5) is 9.59 Å². The van der Waals surface area contributed by atoms with Crippen LogP contribution in [0, 0.1) is 27.7 Å². The summed E-state index contributed by atoms with van der Waals surface area (Å²) in [6.45, 7) is 18.2. The van der Waals surface area contributed by atoms with Crippen molar-refractivity contribution in [3.63, 3.8) is 0 Å². The number of halogens is 1. The van der Waals surface area contributed by atoms with E-state index in [0.29, 0.717) is 11.1 Å². The molecule has 11 heteroatoms. The highest BCUT2D eigenvalue weighted by molar-refractivity contribution is 6.67. The smallest absolute Gasteiger partial charge is 0.426 e. The van der Waals surface area contributed by atoms with Gasteiger partial charge in [0.25, 0.3) is 11.1 Å². The Bertz CT molecular complexity index is 1150. The second-order valence-electron chi connectivity index (χ2n) is 10.5. The van der Waals surface area contributed by atoms with E-state index in [1.54, 1.807) is 59.7 Å². The highest BCUT2D eigenvalue weighted by Gasteiger charge is 2.17. The van der Waals surface area contributed by atoms with E-state index < -0.39 is 23.4 Å². The van der Waals surface area contributed by atoms with E-state index in [0.717, 1.165) is 22.3 Å². The number of nitrogens with one attached hydrogen (secondary N) is 3. The minimum atomic E-state index is -0.689. The minimum Gasteiger partial charge on any atom is -0.443 e. The SMILES string of the molecule is CC(C)(C)OC(=O)NN.Cc1cccc(C(=O)Cl)c1C.Cc1cccc(C(=O)NNC(=O)OC(C)(C)C)c1C. The highest BCUT2D eigenvalue weighted by atomic mass is 35.5. The molecule has 0 radical (unpaired) electrons. The molecule has 0 atom stereocenters. The van der Waals surface area contributed by atoms with Crippen LogP contribution in [-0.4, -0.2) is 34.5 Å². The summed E-state index contributed by atoms with van der Waals surface area (Å²) in [6.07, 6.45) is -1.30. The predicted octanol–water partition coefficient (Wildman–Crippen LogP) is 5.54. The van der Waals surface area contributed by atoms with Crippen LogP contribution in [-0.2, 0) is 9.47 Å². The highest BCUT2D eigenvalue weighted by Crippen LogP contribution is 2.14. The Morgan fingerprint density at radius 2 is 1.10 bits per heavy atom. The Morgan fingerprint density at radius 3 is 1.46 bits per heavy atom. The molecular formula is C28H41ClN4O6. The van der Waals surface area contributed by atoms with Crippen molar-refractivity contribution in [2.45, 2.75) is 80.4 Å². The average Bonchev–Trinajstić information content (AvgIpc) is 2.79. The van der Waals surface area contributed by atoms with Crippen LogP contribution in [0.1, 0.15) is 84.5 Å². The van der Waals surface area contributed by atoms with Crippen molar-refractivity contribution >= 4 is 34.9 Å². The third kappa shape index (κ3) is 14.8. The first-order valence-corrected chi connectivity index (χ1v) is 12.5.